The van der Waals surface area contributed by atoms with Crippen LogP contribution in [0, 0.1) is 0 Å². The first kappa shape index (κ1) is 19.1. The Labute approximate surface area is 168 Å². The molecule has 0 aliphatic carbocycles. The summed E-state index contributed by atoms with van der Waals surface area (Å²) < 4.78 is 10.9. The number of piperidine rings is 1. The lowest BCUT2D eigenvalue weighted by molar-refractivity contribution is 0.0555. The highest BCUT2D eigenvalue weighted by molar-refractivity contribution is 5.90. The molecule has 1 atom stereocenters. The quantitative estimate of drug-likeness (QED) is 0.626. The summed E-state index contributed by atoms with van der Waals surface area (Å²) in [6.07, 6.45) is 8.85. The van der Waals surface area contributed by atoms with Gasteiger partial charge in [-0.25, -0.2) is 9.97 Å². The molecule has 9 nitrogen and oxygen atoms in total. The summed E-state index contributed by atoms with van der Waals surface area (Å²) in [5, 5.41) is 4.27. The summed E-state index contributed by atoms with van der Waals surface area (Å²) in [6.45, 7) is 1.62. The molecular weight excluding hydrogens is 372 g/mol. The predicted octanol–water partition coefficient (Wildman–Crippen LogP) is 2.13. The van der Waals surface area contributed by atoms with Crippen molar-refractivity contribution in [2.75, 3.05) is 26.8 Å². The topological polar surface area (TPSA) is 107 Å². The highest BCUT2D eigenvalue weighted by Gasteiger charge is 2.42. The van der Waals surface area contributed by atoms with Gasteiger partial charge >= 0.3 is 0 Å². The van der Waals surface area contributed by atoms with Crippen molar-refractivity contribution in [2.45, 2.75) is 24.7 Å². The van der Waals surface area contributed by atoms with E-state index >= 15 is 0 Å². The second-order valence-corrected chi connectivity index (χ2v) is 7.09. The van der Waals surface area contributed by atoms with Crippen molar-refractivity contribution < 1.29 is 14.1 Å². The van der Waals surface area contributed by atoms with Crippen molar-refractivity contribution in [3.8, 4) is 11.5 Å². The molecule has 0 bridgehead atoms. The summed E-state index contributed by atoms with van der Waals surface area (Å²) in [5.74, 6) is 1.00. The Balaban J connectivity index is 1.63. The molecule has 1 amide bonds. The zero-order chi connectivity index (χ0) is 20.1. The molecule has 1 aliphatic heterocycles. The number of pyridine rings is 1. The maximum atomic E-state index is 12.9. The van der Waals surface area contributed by atoms with Crippen molar-refractivity contribution in [2.24, 2.45) is 0 Å². The molecule has 0 saturated carbocycles. The van der Waals surface area contributed by atoms with Crippen LogP contribution in [0.4, 0.5) is 0 Å². The predicted molar refractivity (Wildman–Crippen MR) is 103 cm³/mol. The van der Waals surface area contributed by atoms with E-state index in [1.165, 1.54) is 0 Å². The lowest BCUT2D eigenvalue weighted by Gasteiger charge is -2.40. The molecular formula is C20H22N6O3. The van der Waals surface area contributed by atoms with Crippen molar-refractivity contribution in [3.63, 3.8) is 0 Å². The minimum atomic E-state index is -0.456. The number of hydrogen-bond donors (Lipinski definition) is 0. The van der Waals surface area contributed by atoms with E-state index in [2.05, 4.69) is 25.1 Å². The molecule has 150 valence electrons. The van der Waals surface area contributed by atoms with Gasteiger partial charge in [-0.2, -0.15) is 4.98 Å². The first-order chi connectivity index (χ1) is 14.2. The summed E-state index contributed by atoms with van der Waals surface area (Å²) >= 11 is 0. The molecule has 4 heterocycles. The van der Waals surface area contributed by atoms with Crippen LogP contribution in [-0.2, 0) is 10.2 Å². The third kappa shape index (κ3) is 4.00. The van der Waals surface area contributed by atoms with Crippen LogP contribution in [0.5, 0.6) is 0 Å². The van der Waals surface area contributed by atoms with Gasteiger partial charge in [-0.05, 0) is 37.5 Å². The lowest BCUT2D eigenvalue weighted by Crippen LogP contribution is -2.50. The minimum absolute atomic E-state index is 0.192. The van der Waals surface area contributed by atoms with Crippen LogP contribution in [0.25, 0.3) is 11.5 Å². The summed E-state index contributed by atoms with van der Waals surface area (Å²) in [7, 11) is 1.66. The van der Waals surface area contributed by atoms with Crippen LogP contribution in [0.15, 0.2) is 47.5 Å². The SMILES string of the molecule is COCCC1(c2noc(-c3cccnc3)n2)CCCN(C(=O)c2ncccn2)C1. The van der Waals surface area contributed by atoms with Crippen molar-refractivity contribution >= 4 is 5.91 Å². The van der Waals surface area contributed by atoms with Gasteiger partial charge in [0.05, 0.1) is 11.0 Å². The molecule has 1 saturated heterocycles. The van der Waals surface area contributed by atoms with Gasteiger partial charge in [-0.1, -0.05) is 5.16 Å². The molecule has 1 aliphatic rings. The van der Waals surface area contributed by atoms with E-state index in [9.17, 15) is 4.79 Å². The molecule has 0 N–H and O–H groups in total. The first-order valence-corrected chi connectivity index (χ1v) is 9.52. The monoisotopic (exact) mass is 394 g/mol. The Morgan fingerprint density at radius 2 is 2.14 bits per heavy atom. The maximum Gasteiger partial charge on any atom is 0.291 e. The zero-order valence-corrected chi connectivity index (χ0v) is 16.2. The van der Waals surface area contributed by atoms with Gasteiger partial charge in [-0.3, -0.25) is 9.78 Å². The summed E-state index contributed by atoms with van der Waals surface area (Å²) in [4.78, 5) is 31.6. The van der Waals surface area contributed by atoms with E-state index in [4.69, 9.17) is 9.26 Å². The normalized spacial score (nSPS) is 19.3. The number of aromatic nitrogens is 5. The molecule has 0 spiro atoms. The van der Waals surface area contributed by atoms with E-state index in [1.807, 2.05) is 12.1 Å². The van der Waals surface area contributed by atoms with Gasteiger partial charge in [0.1, 0.15) is 0 Å². The fraction of sp³-hybridized carbons (Fsp3) is 0.400. The largest absolute Gasteiger partial charge is 0.385 e. The van der Waals surface area contributed by atoms with Gasteiger partial charge in [-0.15, -0.1) is 0 Å². The number of carbonyl (C=O) groups is 1. The van der Waals surface area contributed by atoms with Crippen molar-refractivity contribution in [1.82, 2.24) is 30.0 Å². The van der Waals surface area contributed by atoms with E-state index < -0.39 is 5.41 Å². The first-order valence-electron chi connectivity index (χ1n) is 9.52. The lowest BCUT2D eigenvalue weighted by atomic mass is 9.76. The Kier molecular flexibility index (Phi) is 5.57. The van der Waals surface area contributed by atoms with E-state index in [-0.39, 0.29) is 11.7 Å². The molecule has 0 radical (unpaired) electrons. The number of likely N-dealkylation sites (tertiary alicyclic amines) is 1. The number of amides is 1. The zero-order valence-electron chi connectivity index (χ0n) is 16.2. The number of nitrogens with zero attached hydrogens (tertiary/aromatic N) is 6. The second-order valence-electron chi connectivity index (χ2n) is 7.09. The third-order valence-electron chi connectivity index (χ3n) is 5.21. The molecule has 1 fully saturated rings. The maximum absolute atomic E-state index is 12.9. The van der Waals surface area contributed by atoms with Gasteiger partial charge in [0.25, 0.3) is 11.8 Å². The van der Waals surface area contributed by atoms with Gasteiger partial charge in [0, 0.05) is 51.6 Å². The smallest absolute Gasteiger partial charge is 0.291 e. The summed E-state index contributed by atoms with van der Waals surface area (Å²) in [6, 6.07) is 5.38. The fourth-order valence-corrected chi connectivity index (χ4v) is 3.70. The van der Waals surface area contributed by atoms with Crippen molar-refractivity contribution in [3.05, 3.63) is 54.6 Å². The molecule has 0 aromatic carbocycles. The van der Waals surface area contributed by atoms with Crippen LogP contribution in [-0.4, -0.2) is 62.7 Å². The Hall–Kier alpha value is -3.20. The van der Waals surface area contributed by atoms with Crippen LogP contribution in [0.2, 0.25) is 0 Å². The third-order valence-corrected chi connectivity index (χ3v) is 5.21. The minimum Gasteiger partial charge on any atom is -0.385 e. The average molecular weight is 394 g/mol. The molecule has 3 aromatic rings. The number of carbonyl (C=O) groups excluding carboxylic acids is 1. The van der Waals surface area contributed by atoms with E-state index in [0.29, 0.717) is 37.8 Å². The second kappa shape index (κ2) is 8.44. The van der Waals surface area contributed by atoms with Crippen LogP contribution < -0.4 is 0 Å². The van der Waals surface area contributed by atoms with Gasteiger partial charge < -0.3 is 14.2 Å². The molecule has 3 aromatic heterocycles. The molecule has 4 rings (SSSR count). The average Bonchev–Trinajstić information content (AvgIpc) is 3.30. The summed E-state index contributed by atoms with van der Waals surface area (Å²) in [5.41, 5.74) is 0.303. The van der Waals surface area contributed by atoms with Crippen molar-refractivity contribution in [1.29, 1.82) is 0 Å². The van der Waals surface area contributed by atoms with Crippen LogP contribution >= 0.6 is 0 Å². The number of ether oxygens (including phenoxy) is 1. The molecule has 1 unspecified atom stereocenters. The van der Waals surface area contributed by atoms with Crippen LogP contribution in [0.3, 0.4) is 0 Å². The van der Waals surface area contributed by atoms with Gasteiger partial charge in [0.15, 0.2) is 5.82 Å². The highest BCUT2D eigenvalue weighted by Crippen LogP contribution is 2.37. The molecule has 29 heavy (non-hydrogen) atoms. The Morgan fingerprint density at radius 1 is 1.28 bits per heavy atom. The fourth-order valence-electron chi connectivity index (χ4n) is 3.70. The van der Waals surface area contributed by atoms with Crippen LogP contribution in [0.1, 0.15) is 35.7 Å². The Bertz CT molecular complexity index is 949. The number of methoxy groups -OCH3 is 1. The highest BCUT2D eigenvalue weighted by atomic mass is 16.5. The van der Waals surface area contributed by atoms with Gasteiger partial charge in [0.2, 0.25) is 5.82 Å². The number of rotatable bonds is 6. The molecule has 9 heteroatoms. The Morgan fingerprint density at radius 3 is 2.90 bits per heavy atom. The van der Waals surface area contributed by atoms with E-state index in [0.717, 1.165) is 18.4 Å². The number of hydrogen-bond acceptors (Lipinski definition) is 8. The van der Waals surface area contributed by atoms with E-state index in [1.54, 1.807) is 42.9 Å². The standard InChI is InChI=1S/C20H22N6O3/c1-28-12-7-20(19-24-17(29-25-19)15-5-2-8-21-13-15)6-3-11-26(14-20)18(27)16-22-9-4-10-23-16/h2,4-5,8-10,13H,3,6-7,11-12,14H2,1H3.